The van der Waals surface area contributed by atoms with Gasteiger partial charge in [0.15, 0.2) is 0 Å². The van der Waals surface area contributed by atoms with Crippen LogP contribution in [0, 0.1) is 6.92 Å². The fourth-order valence-electron chi connectivity index (χ4n) is 2.08. The Labute approximate surface area is 108 Å². The average Bonchev–Trinajstić information content (AvgIpc) is 2.44. The summed E-state index contributed by atoms with van der Waals surface area (Å²) in [5.74, 6) is 0. The lowest BCUT2D eigenvalue weighted by atomic mass is 10.2. The van der Waals surface area contributed by atoms with Gasteiger partial charge in [0.05, 0.1) is 16.5 Å². The number of hydrogen-bond acceptors (Lipinski definition) is 2. The summed E-state index contributed by atoms with van der Waals surface area (Å²) in [5, 5.41) is 3.44. The van der Waals surface area contributed by atoms with Crippen LogP contribution in [0.4, 0.5) is 0 Å². The van der Waals surface area contributed by atoms with E-state index in [0.717, 1.165) is 5.56 Å². The number of nitrogens with one attached hydrogen (secondary N) is 1. The number of rotatable bonds is 1. The van der Waals surface area contributed by atoms with Crippen molar-refractivity contribution in [2.45, 2.75) is 6.92 Å². The van der Waals surface area contributed by atoms with Crippen LogP contribution in [0.25, 0.3) is 16.5 Å². The summed E-state index contributed by atoms with van der Waals surface area (Å²) in [6.07, 6.45) is 0. The van der Waals surface area contributed by atoms with Gasteiger partial charge in [-0.15, -0.1) is 0 Å². The third-order valence-corrected chi connectivity index (χ3v) is 3.11. The third kappa shape index (κ3) is 1.87. The average molecular weight is 252 g/mol. The van der Waals surface area contributed by atoms with E-state index in [1.165, 1.54) is 4.68 Å². The van der Waals surface area contributed by atoms with Crippen LogP contribution in [0.1, 0.15) is 5.56 Å². The number of benzene rings is 2. The first-order chi connectivity index (χ1) is 9.16. The molecule has 2 aromatic carbocycles. The van der Waals surface area contributed by atoms with Gasteiger partial charge >= 0.3 is 0 Å². The molecule has 0 spiro atoms. The van der Waals surface area contributed by atoms with E-state index in [1.807, 2.05) is 19.1 Å². The van der Waals surface area contributed by atoms with Crippen LogP contribution >= 0.6 is 0 Å². The maximum atomic E-state index is 12.4. The molecule has 94 valence electrons. The Hall–Kier alpha value is -2.62. The quantitative estimate of drug-likeness (QED) is 0.720. The van der Waals surface area contributed by atoms with Gasteiger partial charge in [-0.1, -0.05) is 29.8 Å². The number of fused-ring (bicyclic) bond motifs is 1. The van der Waals surface area contributed by atoms with E-state index < -0.39 is 0 Å². The van der Waals surface area contributed by atoms with Crippen LogP contribution in [0.15, 0.2) is 58.1 Å². The van der Waals surface area contributed by atoms with Gasteiger partial charge in [-0.05, 0) is 31.2 Å². The predicted octanol–water partition coefficient (Wildman–Crippen LogP) is 1.99. The van der Waals surface area contributed by atoms with Crippen molar-refractivity contribution in [1.82, 2.24) is 9.78 Å². The molecule has 0 atom stereocenters. The molecule has 0 amide bonds. The van der Waals surface area contributed by atoms with E-state index in [1.54, 1.807) is 36.4 Å². The van der Waals surface area contributed by atoms with Crippen LogP contribution in [0.5, 0.6) is 0 Å². The van der Waals surface area contributed by atoms with E-state index in [4.69, 9.17) is 0 Å². The fraction of sp³-hybridized carbons (Fsp3) is 0.0667. The Morgan fingerprint density at radius 3 is 2.21 bits per heavy atom. The highest BCUT2D eigenvalue weighted by atomic mass is 16.2. The molecule has 0 aliphatic rings. The minimum Gasteiger partial charge on any atom is -0.267 e. The summed E-state index contributed by atoms with van der Waals surface area (Å²) < 4.78 is 1.28. The van der Waals surface area contributed by atoms with Crippen LogP contribution in [0.3, 0.4) is 0 Å². The molecule has 0 unspecified atom stereocenters. The standard InChI is InChI=1S/C15H12N2O2/c1-10-6-8-11(9-7-10)17-15(19)13-5-3-2-4-12(13)14(18)16-17/h2-9H,1H3,(H,16,18). The molecule has 3 rings (SSSR count). The Kier molecular flexibility index (Phi) is 2.56. The molecular weight excluding hydrogens is 240 g/mol. The van der Waals surface area contributed by atoms with Crippen molar-refractivity contribution in [3.8, 4) is 5.69 Å². The Morgan fingerprint density at radius 2 is 1.53 bits per heavy atom. The Balaban J connectivity index is 2.37. The summed E-state index contributed by atoms with van der Waals surface area (Å²) in [6.45, 7) is 1.97. The molecule has 0 aliphatic heterocycles. The molecule has 0 fully saturated rings. The second kappa shape index (κ2) is 4.24. The summed E-state index contributed by atoms with van der Waals surface area (Å²) in [7, 11) is 0. The van der Waals surface area contributed by atoms with E-state index in [9.17, 15) is 9.59 Å². The van der Waals surface area contributed by atoms with Gasteiger partial charge in [-0.2, -0.15) is 0 Å². The van der Waals surface area contributed by atoms with Crippen LogP contribution in [-0.2, 0) is 0 Å². The fourth-order valence-corrected chi connectivity index (χ4v) is 2.08. The molecule has 3 aromatic rings. The smallest absolute Gasteiger partial charge is 0.267 e. The van der Waals surface area contributed by atoms with Gasteiger partial charge in [0.1, 0.15) is 0 Å². The van der Waals surface area contributed by atoms with E-state index in [-0.39, 0.29) is 11.1 Å². The molecule has 1 N–H and O–H groups in total. The lowest BCUT2D eigenvalue weighted by Gasteiger charge is -2.07. The highest BCUT2D eigenvalue weighted by Crippen LogP contribution is 2.08. The van der Waals surface area contributed by atoms with E-state index in [0.29, 0.717) is 16.5 Å². The Morgan fingerprint density at radius 1 is 0.895 bits per heavy atom. The van der Waals surface area contributed by atoms with Crippen molar-refractivity contribution in [2.75, 3.05) is 0 Å². The first-order valence-electron chi connectivity index (χ1n) is 5.98. The molecule has 0 aliphatic carbocycles. The van der Waals surface area contributed by atoms with Crippen LogP contribution < -0.4 is 11.1 Å². The first-order valence-corrected chi connectivity index (χ1v) is 5.98. The first kappa shape index (κ1) is 11.5. The summed E-state index contributed by atoms with van der Waals surface area (Å²) >= 11 is 0. The number of aromatic nitrogens is 2. The van der Waals surface area contributed by atoms with E-state index >= 15 is 0 Å². The molecule has 1 aromatic heterocycles. The largest absolute Gasteiger partial charge is 0.277 e. The van der Waals surface area contributed by atoms with Crippen LogP contribution in [-0.4, -0.2) is 9.78 Å². The number of aromatic amines is 1. The second-order valence-corrected chi connectivity index (χ2v) is 4.46. The van der Waals surface area contributed by atoms with Crippen LogP contribution in [0.2, 0.25) is 0 Å². The molecule has 0 radical (unpaired) electrons. The lowest BCUT2D eigenvalue weighted by Crippen LogP contribution is -2.28. The van der Waals surface area contributed by atoms with Crippen molar-refractivity contribution in [2.24, 2.45) is 0 Å². The van der Waals surface area contributed by atoms with Gasteiger partial charge in [0, 0.05) is 0 Å². The van der Waals surface area contributed by atoms with Gasteiger partial charge in [0.25, 0.3) is 11.1 Å². The summed E-state index contributed by atoms with van der Waals surface area (Å²) in [4.78, 5) is 24.3. The monoisotopic (exact) mass is 252 g/mol. The predicted molar refractivity (Wildman–Crippen MR) is 74.9 cm³/mol. The van der Waals surface area contributed by atoms with Gasteiger partial charge in [0.2, 0.25) is 0 Å². The molecule has 4 heteroatoms. The number of hydrogen-bond donors (Lipinski definition) is 1. The number of nitrogens with zero attached hydrogens (tertiary/aromatic N) is 1. The molecule has 0 saturated heterocycles. The van der Waals surface area contributed by atoms with E-state index in [2.05, 4.69) is 5.10 Å². The molecule has 0 saturated carbocycles. The summed E-state index contributed by atoms with van der Waals surface area (Å²) in [6, 6.07) is 14.2. The van der Waals surface area contributed by atoms with Gasteiger partial charge < -0.3 is 0 Å². The maximum Gasteiger partial charge on any atom is 0.277 e. The van der Waals surface area contributed by atoms with Crippen molar-refractivity contribution < 1.29 is 0 Å². The maximum absolute atomic E-state index is 12.4. The lowest BCUT2D eigenvalue weighted by molar-refractivity contribution is 0.801. The van der Waals surface area contributed by atoms with Crippen molar-refractivity contribution >= 4 is 10.8 Å². The number of H-pyrrole nitrogens is 1. The third-order valence-electron chi connectivity index (χ3n) is 3.11. The number of aryl methyl sites for hydroxylation is 1. The highest BCUT2D eigenvalue weighted by molar-refractivity contribution is 5.80. The minimum absolute atomic E-state index is 0.223. The molecule has 1 heterocycles. The zero-order valence-corrected chi connectivity index (χ0v) is 10.4. The van der Waals surface area contributed by atoms with Gasteiger partial charge in [-0.25, -0.2) is 4.68 Å². The Bertz CT molecular complexity index is 858. The SMILES string of the molecule is Cc1ccc(-n2[nH]c(=O)c3ccccc3c2=O)cc1. The normalized spacial score (nSPS) is 10.8. The van der Waals surface area contributed by atoms with Gasteiger partial charge in [-0.3, -0.25) is 14.7 Å². The second-order valence-electron chi connectivity index (χ2n) is 4.46. The van der Waals surface area contributed by atoms with Crippen molar-refractivity contribution in [1.29, 1.82) is 0 Å². The topological polar surface area (TPSA) is 54.9 Å². The molecule has 0 bridgehead atoms. The summed E-state index contributed by atoms with van der Waals surface area (Å²) in [5.41, 5.74) is 1.26. The zero-order chi connectivity index (χ0) is 13.4. The minimum atomic E-state index is -0.268. The molecular formula is C15H12N2O2. The van der Waals surface area contributed by atoms with Crippen molar-refractivity contribution in [3.63, 3.8) is 0 Å². The molecule has 19 heavy (non-hydrogen) atoms. The zero-order valence-electron chi connectivity index (χ0n) is 10.4. The highest BCUT2D eigenvalue weighted by Gasteiger charge is 2.07. The molecule has 4 nitrogen and oxygen atoms in total. The van der Waals surface area contributed by atoms with Crippen molar-refractivity contribution in [3.05, 3.63) is 74.8 Å².